The summed E-state index contributed by atoms with van der Waals surface area (Å²) in [5.41, 5.74) is 0. The molecule has 0 saturated carbocycles. The second-order valence-electron chi connectivity index (χ2n) is 6.66. The van der Waals surface area contributed by atoms with Crippen LogP contribution in [0, 0.1) is 0 Å². The zero-order chi connectivity index (χ0) is 20.5. The van der Waals surface area contributed by atoms with Gasteiger partial charge in [-0.05, 0) is 41.5 Å². The van der Waals surface area contributed by atoms with E-state index in [1.165, 1.54) is 0 Å². The van der Waals surface area contributed by atoms with Crippen molar-refractivity contribution in [1.82, 2.24) is 10.2 Å². The number of carbonyl (C=O) groups excluding carboxylic acids is 4. The van der Waals surface area contributed by atoms with Crippen LogP contribution in [0.5, 0.6) is 0 Å². The fraction of sp³-hybridized carbons (Fsp3) is 0.778. The van der Waals surface area contributed by atoms with Crippen LogP contribution in [0.15, 0.2) is 0 Å². The van der Waals surface area contributed by atoms with Gasteiger partial charge in [0.15, 0.2) is 0 Å². The monoisotopic (exact) mass is 388 g/mol. The summed E-state index contributed by atoms with van der Waals surface area (Å²) in [4.78, 5) is 50.3. The van der Waals surface area contributed by atoms with Crippen molar-refractivity contribution in [1.29, 1.82) is 0 Å². The summed E-state index contributed by atoms with van der Waals surface area (Å²) in [7, 11) is 0. The van der Waals surface area contributed by atoms with Crippen LogP contribution in [0.1, 0.15) is 61.3 Å². The molecule has 0 bridgehead atoms. The number of hydrogen-bond donors (Lipinski definition) is 1. The number of nitrogens with one attached hydrogen (secondary N) is 1. The maximum Gasteiger partial charge on any atom is 0.314 e. The lowest BCUT2D eigenvalue weighted by atomic mass is 10.0. The van der Waals surface area contributed by atoms with E-state index < -0.39 is 21.9 Å². The minimum absolute atomic E-state index is 0.234. The molecule has 1 unspecified atom stereocenters. The Balaban J connectivity index is 5.29. The maximum atomic E-state index is 12.8. The topological polar surface area (TPSA) is 92.8 Å². The molecule has 2 amide bonds. The molecule has 0 aliphatic carbocycles. The van der Waals surface area contributed by atoms with Gasteiger partial charge in [0, 0.05) is 24.3 Å². The molecule has 0 aromatic carbocycles. The molecule has 0 rings (SSSR count). The number of ether oxygens (including phenoxy) is 1. The summed E-state index contributed by atoms with van der Waals surface area (Å²) in [6, 6.07) is -0.870. The molecule has 1 N–H and O–H groups in total. The first-order chi connectivity index (χ1) is 12.0. The summed E-state index contributed by atoms with van der Waals surface area (Å²) in [6.45, 7) is 13.3. The standard InChI is InChI=1S/C18H32N2O5S/c1-8-13(21)19-16(17(24)20(9-2)10-3)18(6,7)26-15(23)11-14(22)25-12(4)5/h12,16H,8-11H2,1-7H3,(H,19,21). The Labute approximate surface area is 160 Å². The lowest BCUT2D eigenvalue weighted by molar-refractivity contribution is -0.148. The van der Waals surface area contributed by atoms with Crippen molar-refractivity contribution in [3.8, 4) is 0 Å². The average molecular weight is 389 g/mol. The van der Waals surface area contributed by atoms with Crippen LogP contribution in [-0.2, 0) is 23.9 Å². The molecule has 0 fully saturated rings. The molecule has 0 saturated heterocycles. The van der Waals surface area contributed by atoms with E-state index in [9.17, 15) is 19.2 Å². The van der Waals surface area contributed by atoms with Crippen molar-refractivity contribution in [2.24, 2.45) is 0 Å². The smallest absolute Gasteiger partial charge is 0.314 e. The average Bonchev–Trinajstić information content (AvgIpc) is 2.51. The van der Waals surface area contributed by atoms with Crippen LogP contribution in [0.3, 0.4) is 0 Å². The molecule has 0 aromatic heterocycles. The van der Waals surface area contributed by atoms with E-state index >= 15 is 0 Å². The minimum Gasteiger partial charge on any atom is -0.463 e. The van der Waals surface area contributed by atoms with Crippen LogP contribution in [0.4, 0.5) is 0 Å². The molecule has 150 valence electrons. The van der Waals surface area contributed by atoms with Crippen LogP contribution in [-0.4, -0.2) is 57.8 Å². The Morgan fingerprint density at radius 2 is 1.62 bits per heavy atom. The maximum absolute atomic E-state index is 12.8. The van der Waals surface area contributed by atoms with Crippen LogP contribution < -0.4 is 5.32 Å². The molecular weight excluding hydrogens is 356 g/mol. The third-order valence-corrected chi connectivity index (χ3v) is 4.81. The summed E-state index contributed by atoms with van der Waals surface area (Å²) in [5, 5.41) is 2.33. The van der Waals surface area contributed by atoms with Gasteiger partial charge in [-0.3, -0.25) is 19.2 Å². The Bertz CT molecular complexity index is 516. The number of carbonyl (C=O) groups is 4. The lowest BCUT2D eigenvalue weighted by Gasteiger charge is -2.35. The van der Waals surface area contributed by atoms with Crippen LogP contribution in [0.25, 0.3) is 0 Å². The van der Waals surface area contributed by atoms with Crippen molar-refractivity contribution < 1.29 is 23.9 Å². The van der Waals surface area contributed by atoms with Crippen molar-refractivity contribution in [3.05, 3.63) is 0 Å². The predicted octanol–water partition coefficient (Wildman–Crippen LogP) is 2.13. The van der Waals surface area contributed by atoms with Gasteiger partial charge in [0.25, 0.3) is 0 Å². The van der Waals surface area contributed by atoms with E-state index in [1.54, 1.807) is 39.5 Å². The fourth-order valence-corrected chi connectivity index (χ4v) is 3.38. The van der Waals surface area contributed by atoms with E-state index in [2.05, 4.69) is 5.32 Å². The first-order valence-electron chi connectivity index (χ1n) is 8.97. The molecule has 1 atom stereocenters. The molecule has 8 heteroatoms. The SMILES string of the molecule is CCC(=O)NC(C(=O)N(CC)CC)C(C)(C)SC(=O)CC(=O)OC(C)C. The zero-order valence-corrected chi connectivity index (χ0v) is 17.7. The molecule has 0 heterocycles. The van der Waals surface area contributed by atoms with Gasteiger partial charge >= 0.3 is 5.97 Å². The highest BCUT2D eigenvalue weighted by Gasteiger charge is 2.40. The minimum atomic E-state index is -0.917. The van der Waals surface area contributed by atoms with Crippen molar-refractivity contribution in [2.75, 3.05) is 13.1 Å². The highest BCUT2D eigenvalue weighted by atomic mass is 32.2. The van der Waals surface area contributed by atoms with Crippen molar-refractivity contribution >= 4 is 34.7 Å². The summed E-state index contributed by atoms with van der Waals surface area (Å²) < 4.78 is 4.06. The Morgan fingerprint density at radius 1 is 1.08 bits per heavy atom. The molecule has 0 aromatic rings. The number of esters is 1. The second kappa shape index (κ2) is 11.2. The summed E-state index contributed by atoms with van der Waals surface area (Å²) in [6.07, 6.45) is -0.438. The predicted molar refractivity (Wildman–Crippen MR) is 103 cm³/mol. The largest absolute Gasteiger partial charge is 0.463 e. The number of nitrogens with zero attached hydrogens (tertiary/aromatic N) is 1. The molecule has 26 heavy (non-hydrogen) atoms. The van der Waals surface area contributed by atoms with E-state index in [-0.39, 0.29) is 30.8 Å². The van der Waals surface area contributed by atoms with Crippen LogP contribution >= 0.6 is 11.8 Å². The first-order valence-corrected chi connectivity index (χ1v) is 9.79. The van der Waals surface area contributed by atoms with Gasteiger partial charge in [-0.2, -0.15) is 0 Å². The van der Waals surface area contributed by atoms with Gasteiger partial charge in [0.2, 0.25) is 16.9 Å². The number of amides is 2. The zero-order valence-electron chi connectivity index (χ0n) is 16.9. The molecular formula is C18H32N2O5S. The van der Waals surface area contributed by atoms with Crippen LogP contribution in [0.2, 0.25) is 0 Å². The molecule has 7 nitrogen and oxygen atoms in total. The number of rotatable bonds is 10. The van der Waals surface area contributed by atoms with Gasteiger partial charge in [0.05, 0.1) is 6.10 Å². The van der Waals surface area contributed by atoms with Gasteiger partial charge < -0.3 is 15.0 Å². The molecule has 0 aliphatic heterocycles. The van der Waals surface area contributed by atoms with Gasteiger partial charge in [-0.25, -0.2) is 0 Å². The van der Waals surface area contributed by atoms with E-state index in [0.29, 0.717) is 13.1 Å². The molecule has 0 radical (unpaired) electrons. The second-order valence-corrected chi connectivity index (χ2v) is 8.37. The number of likely N-dealkylation sites (N-methyl/N-ethyl adjacent to an activating group) is 1. The third kappa shape index (κ3) is 8.21. The number of thioether (sulfide) groups is 1. The Morgan fingerprint density at radius 3 is 2.04 bits per heavy atom. The van der Waals surface area contributed by atoms with E-state index in [1.807, 2.05) is 13.8 Å². The summed E-state index contributed by atoms with van der Waals surface area (Å²) >= 11 is 0.883. The van der Waals surface area contributed by atoms with Gasteiger partial charge in [-0.15, -0.1) is 0 Å². The lowest BCUT2D eigenvalue weighted by Crippen LogP contribution is -2.57. The highest BCUT2D eigenvalue weighted by Crippen LogP contribution is 2.31. The van der Waals surface area contributed by atoms with Gasteiger partial charge in [0.1, 0.15) is 12.5 Å². The van der Waals surface area contributed by atoms with E-state index in [0.717, 1.165) is 11.8 Å². The normalized spacial score (nSPS) is 12.5. The van der Waals surface area contributed by atoms with E-state index in [4.69, 9.17) is 4.74 Å². The Kier molecular flexibility index (Phi) is 10.5. The third-order valence-electron chi connectivity index (χ3n) is 3.68. The van der Waals surface area contributed by atoms with Gasteiger partial charge in [-0.1, -0.05) is 18.7 Å². The fourth-order valence-electron chi connectivity index (χ4n) is 2.32. The highest BCUT2D eigenvalue weighted by molar-refractivity contribution is 8.14. The first kappa shape index (κ1) is 24.4. The quantitative estimate of drug-likeness (QED) is 0.455. The molecule has 0 aliphatic rings. The van der Waals surface area contributed by atoms with Crippen molar-refractivity contribution in [2.45, 2.75) is 78.2 Å². The Hall–Kier alpha value is -1.57. The molecule has 0 spiro atoms. The van der Waals surface area contributed by atoms with Crippen molar-refractivity contribution in [3.63, 3.8) is 0 Å². The number of hydrogen-bond acceptors (Lipinski definition) is 6. The summed E-state index contributed by atoms with van der Waals surface area (Å²) in [5.74, 6) is -1.11.